The first-order valence-electron chi connectivity index (χ1n) is 6.80. The molecule has 0 bridgehead atoms. The number of aliphatic hydroxyl groups is 1. The summed E-state index contributed by atoms with van der Waals surface area (Å²) in [5.41, 5.74) is 0.195. The molecule has 1 aliphatic rings. The maximum absolute atomic E-state index is 13.7. The van der Waals surface area contributed by atoms with Gasteiger partial charge in [-0.1, -0.05) is 19.1 Å². The molecule has 2 rings (SSSR count). The molecule has 0 amide bonds. The molecule has 0 aliphatic heterocycles. The molecule has 19 heavy (non-hydrogen) atoms. The zero-order valence-electron chi connectivity index (χ0n) is 11.2. The van der Waals surface area contributed by atoms with Crippen LogP contribution in [0.25, 0.3) is 0 Å². The molecule has 1 fully saturated rings. The minimum Gasteiger partial charge on any atom is -0.392 e. The van der Waals surface area contributed by atoms with Gasteiger partial charge in [0.2, 0.25) is 0 Å². The number of benzene rings is 1. The van der Waals surface area contributed by atoms with Crippen molar-refractivity contribution in [2.24, 2.45) is 5.92 Å². The van der Waals surface area contributed by atoms with Crippen LogP contribution < -0.4 is 0 Å². The minimum absolute atomic E-state index is 0.0206. The Bertz CT molecular complexity index is 426. The van der Waals surface area contributed by atoms with Gasteiger partial charge in [0.25, 0.3) is 0 Å². The lowest BCUT2D eigenvalue weighted by molar-refractivity contribution is 0.00734. The van der Waals surface area contributed by atoms with E-state index in [0.29, 0.717) is 0 Å². The van der Waals surface area contributed by atoms with Crippen LogP contribution in [0.2, 0.25) is 0 Å². The molecule has 2 nitrogen and oxygen atoms in total. The summed E-state index contributed by atoms with van der Waals surface area (Å²) in [5.74, 6) is -1.14. The van der Waals surface area contributed by atoms with Crippen LogP contribution in [0.15, 0.2) is 12.1 Å². The predicted octanol–water partition coefficient (Wildman–Crippen LogP) is 3.55. The summed E-state index contributed by atoms with van der Waals surface area (Å²) < 4.78 is 32.8. The Balaban J connectivity index is 1.94. The van der Waals surface area contributed by atoms with Crippen molar-refractivity contribution in [3.05, 3.63) is 34.9 Å². The number of ether oxygens (including phenoxy) is 1. The monoisotopic (exact) mass is 270 g/mol. The SMILES string of the molecule is CC1CCC(OCc2ccc(CO)c(F)c2F)CC1. The molecular weight excluding hydrogens is 250 g/mol. The minimum atomic E-state index is -0.971. The van der Waals surface area contributed by atoms with E-state index in [9.17, 15) is 8.78 Å². The van der Waals surface area contributed by atoms with Gasteiger partial charge in [0.05, 0.1) is 19.3 Å². The lowest BCUT2D eigenvalue weighted by Crippen LogP contribution is -2.20. The van der Waals surface area contributed by atoms with Gasteiger partial charge in [-0.05, 0) is 31.6 Å². The van der Waals surface area contributed by atoms with E-state index in [2.05, 4.69) is 6.92 Å². The number of aliphatic hydroxyl groups excluding tert-OH is 1. The van der Waals surface area contributed by atoms with Crippen LogP contribution in [0, 0.1) is 17.6 Å². The van der Waals surface area contributed by atoms with Crippen molar-refractivity contribution in [3.8, 4) is 0 Å². The van der Waals surface area contributed by atoms with E-state index in [1.807, 2.05) is 0 Å². The molecule has 1 aliphatic carbocycles. The van der Waals surface area contributed by atoms with Crippen LogP contribution in [0.1, 0.15) is 43.7 Å². The maximum atomic E-state index is 13.7. The Morgan fingerprint density at radius 3 is 2.32 bits per heavy atom. The first-order valence-corrected chi connectivity index (χ1v) is 6.80. The van der Waals surface area contributed by atoms with Crippen LogP contribution in [-0.4, -0.2) is 11.2 Å². The highest BCUT2D eigenvalue weighted by molar-refractivity contribution is 5.25. The fourth-order valence-electron chi connectivity index (χ4n) is 2.47. The average Bonchev–Trinajstić information content (AvgIpc) is 2.42. The molecule has 0 saturated heterocycles. The first-order chi connectivity index (χ1) is 9.11. The van der Waals surface area contributed by atoms with Gasteiger partial charge < -0.3 is 9.84 Å². The molecule has 0 heterocycles. The van der Waals surface area contributed by atoms with Crippen molar-refractivity contribution >= 4 is 0 Å². The molecule has 0 atom stereocenters. The second kappa shape index (κ2) is 6.44. The van der Waals surface area contributed by atoms with Crippen LogP contribution >= 0.6 is 0 Å². The van der Waals surface area contributed by atoms with Crippen LogP contribution in [0.5, 0.6) is 0 Å². The van der Waals surface area contributed by atoms with Gasteiger partial charge in [0, 0.05) is 11.1 Å². The molecule has 0 spiro atoms. The van der Waals surface area contributed by atoms with Crippen molar-refractivity contribution in [3.63, 3.8) is 0 Å². The lowest BCUT2D eigenvalue weighted by Gasteiger charge is -2.26. The average molecular weight is 270 g/mol. The predicted molar refractivity (Wildman–Crippen MR) is 68.5 cm³/mol. The third kappa shape index (κ3) is 3.51. The van der Waals surface area contributed by atoms with Crippen molar-refractivity contribution in [1.82, 2.24) is 0 Å². The van der Waals surface area contributed by atoms with Gasteiger partial charge in [-0.2, -0.15) is 0 Å². The van der Waals surface area contributed by atoms with Crippen LogP contribution in [0.4, 0.5) is 8.78 Å². The van der Waals surface area contributed by atoms with E-state index in [4.69, 9.17) is 9.84 Å². The Hall–Kier alpha value is -1.00. The van der Waals surface area contributed by atoms with Crippen molar-refractivity contribution < 1.29 is 18.6 Å². The van der Waals surface area contributed by atoms with Crippen molar-refractivity contribution in [2.75, 3.05) is 0 Å². The molecule has 106 valence electrons. The topological polar surface area (TPSA) is 29.5 Å². The van der Waals surface area contributed by atoms with E-state index in [1.54, 1.807) is 0 Å². The maximum Gasteiger partial charge on any atom is 0.164 e. The number of hydrogen-bond acceptors (Lipinski definition) is 2. The molecule has 1 saturated carbocycles. The zero-order chi connectivity index (χ0) is 13.8. The fourth-order valence-corrected chi connectivity index (χ4v) is 2.47. The summed E-state index contributed by atoms with van der Waals surface area (Å²) in [6.45, 7) is 1.82. The normalized spacial score (nSPS) is 23.6. The molecule has 0 aromatic heterocycles. The fraction of sp³-hybridized carbons (Fsp3) is 0.600. The van der Waals surface area contributed by atoms with E-state index < -0.39 is 18.2 Å². The summed E-state index contributed by atoms with van der Waals surface area (Å²) in [6.07, 6.45) is 4.38. The zero-order valence-corrected chi connectivity index (χ0v) is 11.2. The molecule has 0 unspecified atom stereocenters. The molecule has 1 aromatic carbocycles. The van der Waals surface area contributed by atoms with E-state index in [0.717, 1.165) is 31.6 Å². The highest BCUT2D eigenvalue weighted by atomic mass is 19.2. The summed E-state index contributed by atoms with van der Waals surface area (Å²) >= 11 is 0. The highest BCUT2D eigenvalue weighted by Crippen LogP contribution is 2.26. The molecule has 4 heteroatoms. The Morgan fingerprint density at radius 2 is 1.68 bits per heavy atom. The smallest absolute Gasteiger partial charge is 0.164 e. The Morgan fingerprint density at radius 1 is 1.11 bits per heavy atom. The Kier molecular flexibility index (Phi) is 4.88. The Labute approximate surface area is 112 Å². The van der Waals surface area contributed by atoms with Crippen LogP contribution in [-0.2, 0) is 18.0 Å². The quantitative estimate of drug-likeness (QED) is 0.906. The van der Waals surface area contributed by atoms with E-state index in [1.165, 1.54) is 12.1 Å². The summed E-state index contributed by atoms with van der Waals surface area (Å²) in [7, 11) is 0. The summed E-state index contributed by atoms with van der Waals surface area (Å²) in [4.78, 5) is 0. The van der Waals surface area contributed by atoms with E-state index >= 15 is 0 Å². The van der Waals surface area contributed by atoms with Gasteiger partial charge in [-0.15, -0.1) is 0 Å². The molecule has 0 radical (unpaired) electrons. The van der Waals surface area contributed by atoms with Gasteiger partial charge >= 0.3 is 0 Å². The number of halogens is 2. The third-order valence-corrected chi connectivity index (χ3v) is 3.85. The summed E-state index contributed by atoms with van der Waals surface area (Å²) in [6, 6.07) is 2.88. The van der Waals surface area contributed by atoms with Crippen molar-refractivity contribution in [2.45, 2.75) is 51.9 Å². The lowest BCUT2D eigenvalue weighted by atomic mass is 9.89. The van der Waals surface area contributed by atoms with E-state index in [-0.39, 0.29) is 23.8 Å². The van der Waals surface area contributed by atoms with Gasteiger partial charge in [-0.3, -0.25) is 0 Å². The van der Waals surface area contributed by atoms with Gasteiger partial charge in [0.1, 0.15) is 0 Å². The molecule has 1 aromatic rings. The first kappa shape index (κ1) is 14.4. The largest absolute Gasteiger partial charge is 0.392 e. The standard InChI is InChI=1S/C15H20F2O2/c1-10-2-6-13(7-3-10)19-9-12-5-4-11(8-18)14(16)15(12)17/h4-5,10,13,18H,2-3,6-9H2,1H3. The molecular formula is C15H20F2O2. The third-order valence-electron chi connectivity index (χ3n) is 3.85. The number of rotatable bonds is 4. The van der Waals surface area contributed by atoms with Crippen molar-refractivity contribution in [1.29, 1.82) is 0 Å². The highest BCUT2D eigenvalue weighted by Gasteiger charge is 2.20. The number of hydrogen-bond donors (Lipinski definition) is 1. The second-order valence-electron chi connectivity index (χ2n) is 5.36. The van der Waals surface area contributed by atoms with Gasteiger partial charge in [0.15, 0.2) is 11.6 Å². The molecule has 1 N–H and O–H groups in total. The second-order valence-corrected chi connectivity index (χ2v) is 5.36. The summed E-state index contributed by atoms with van der Waals surface area (Å²) in [5, 5.41) is 8.85. The van der Waals surface area contributed by atoms with Gasteiger partial charge in [-0.25, -0.2) is 8.78 Å². The van der Waals surface area contributed by atoms with Crippen LogP contribution in [0.3, 0.4) is 0 Å².